The Labute approximate surface area is 138 Å². The number of likely N-dealkylation sites (tertiary alicyclic amines) is 1. The molecule has 0 N–H and O–H groups in total. The van der Waals surface area contributed by atoms with E-state index < -0.39 is 0 Å². The molecule has 2 fully saturated rings. The summed E-state index contributed by atoms with van der Waals surface area (Å²) in [5.41, 5.74) is 2.42. The van der Waals surface area contributed by atoms with Gasteiger partial charge in [0, 0.05) is 35.7 Å². The average molecular weight is 327 g/mol. The molecule has 2 nitrogen and oxygen atoms in total. The Morgan fingerprint density at radius 2 is 1.71 bits per heavy atom. The van der Waals surface area contributed by atoms with Gasteiger partial charge in [-0.25, -0.2) is 0 Å². The van der Waals surface area contributed by atoms with Gasteiger partial charge in [-0.15, -0.1) is 11.6 Å². The summed E-state index contributed by atoms with van der Waals surface area (Å²) in [6.45, 7) is 4.87. The minimum atomic E-state index is 0.530. The van der Waals surface area contributed by atoms with E-state index in [-0.39, 0.29) is 0 Å². The number of benzene rings is 1. The third kappa shape index (κ3) is 3.67. The van der Waals surface area contributed by atoms with Crippen molar-refractivity contribution >= 4 is 28.9 Å². The lowest BCUT2D eigenvalue weighted by Crippen LogP contribution is -2.46. The van der Waals surface area contributed by atoms with Gasteiger partial charge in [-0.2, -0.15) is 0 Å². The van der Waals surface area contributed by atoms with Crippen molar-refractivity contribution in [1.82, 2.24) is 4.90 Å². The van der Waals surface area contributed by atoms with Gasteiger partial charge in [0.15, 0.2) is 0 Å². The summed E-state index contributed by atoms with van der Waals surface area (Å²) in [5, 5.41) is 0.776. The molecule has 0 saturated carbocycles. The van der Waals surface area contributed by atoms with Crippen molar-refractivity contribution in [2.75, 3.05) is 31.1 Å². The van der Waals surface area contributed by atoms with E-state index in [1.807, 2.05) is 12.1 Å². The first-order valence-corrected chi connectivity index (χ1v) is 9.02. The molecule has 3 rings (SSSR count). The Morgan fingerprint density at radius 1 is 1.00 bits per heavy atom. The molecule has 0 aromatic heterocycles. The topological polar surface area (TPSA) is 6.48 Å². The van der Waals surface area contributed by atoms with Crippen LogP contribution < -0.4 is 4.90 Å². The fraction of sp³-hybridized carbons (Fsp3) is 0.647. The molecule has 2 heterocycles. The molecule has 21 heavy (non-hydrogen) atoms. The van der Waals surface area contributed by atoms with E-state index in [0.717, 1.165) is 29.7 Å². The zero-order valence-electron chi connectivity index (χ0n) is 12.5. The van der Waals surface area contributed by atoms with Gasteiger partial charge >= 0.3 is 0 Å². The quantitative estimate of drug-likeness (QED) is 0.753. The Kier molecular flexibility index (Phi) is 5.31. The van der Waals surface area contributed by atoms with Crippen LogP contribution in [-0.4, -0.2) is 37.1 Å². The zero-order valence-corrected chi connectivity index (χ0v) is 14.0. The Morgan fingerprint density at radius 3 is 2.38 bits per heavy atom. The molecule has 0 unspecified atom stereocenters. The van der Waals surface area contributed by atoms with Crippen LogP contribution in [0.4, 0.5) is 5.69 Å². The van der Waals surface area contributed by atoms with Crippen molar-refractivity contribution in [1.29, 1.82) is 0 Å². The number of piperidine rings is 2. The van der Waals surface area contributed by atoms with Crippen LogP contribution in [0.5, 0.6) is 0 Å². The molecule has 0 aliphatic carbocycles. The molecule has 2 aliphatic rings. The molecule has 0 bridgehead atoms. The summed E-state index contributed by atoms with van der Waals surface area (Å²) < 4.78 is 0. The van der Waals surface area contributed by atoms with Gasteiger partial charge in [0.05, 0.1) is 0 Å². The smallest absolute Gasteiger partial charge is 0.0495 e. The number of anilines is 1. The summed E-state index contributed by atoms with van der Waals surface area (Å²) in [5.74, 6) is 0.530. The molecule has 0 radical (unpaired) electrons. The number of hydrogen-bond acceptors (Lipinski definition) is 2. The molecular formula is C17H24Cl2N2. The maximum atomic E-state index is 6.08. The van der Waals surface area contributed by atoms with Crippen molar-refractivity contribution in [3.8, 4) is 0 Å². The van der Waals surface area contributed by atoms with E-state index in [2.05, 4.69) is 15.9 Å². The van der Waals surface area contributed by atoms with Crippen molar-refractivity contribution in [3.05, 3.63) is 28.8 Å². The van der Waals surface area contributed by atoms with E-state index in [0.29, 0.717) is 5.88 Å². The molecule has 0 spiro atoms. The van der Waals surface area contributed by atoms with Crippen LogP contribution in [-0.2, 0) is 5.88 Å². The Bertz CT molecular complexity index is 464. The van der Waals surface area contributed by atoms with E-state index in [1.165, 1.54) is 50.9 Å². The van der Waals surface area contributed by atoms with Crippen LogP contribution in [0.2, 0.25) is 5.02 Å². The van der Waals surface area contributed by atoms with E-state index in [1.54, 1.807) is 0 Å². The second kappa shape index (κ2) is 7.21. The second-order valence-corrected chi connectivity index (χ2v) is 6.93. The highest BCUT2D eigenvalue weighted by Gasteiger charge is 2.26. The average Bonchev–Trinajstić information content (AvgIpc) is 2.56. The minimum Gasteiger partial charge on any atom is -0.371 e. The van der Waals surface area contributed by atoms with Crippen LogP contribution in [0.1, 0.15) is 37.7 Å². The van der Waals surface area contributed by atoms with Gasteiger partial charge in [0.1, 0.15) is 0 Å². The molecule has 2 saturated heterocycles. The second-order valence-electron chi connectivity index (χ2n) is 6.22. The first-order valence-electron chi connectivity index (χ1n) is 8.11. The van der Waals surface area contributed by atoms with Crippen molar-refractivity contribution in [2.45, 2.75) is 44.0 Å². The van der Waals surface area contributed by atoms with Crippen LogP contribution in [0.25, 0.3) is 0 Å². The highest BCUT2D eigenvalue weighted by atomic mass is 35.5. The highest BCUT2D eigenvalue weighted by Crippen LogP contribution is 2.29. The number of alkyl halides is 1. The third-order valence-corrected chi connectivity index (χ3v) is 5.42. The van der Waals surface area contributed by atoms with Crippen molar-refractivity contribution in [3.63, 3.8) is 0 Å². The van der Waals surface area contributed by atoms with Crippen LogP contribution in [0.15, 0.2) is 18.2 Å². The molecule has 116 valence electrons. The lowest BCUT2D eigenvalue weighted by atomic mass is 9.99. The standard InChI is InChI=1S/C17H24Cl2N2/c18-13-14-12-15(19)4-5-17(14)21-10-6-16(7-11-21)20-8-2-1-3-9-20/h4-5,12,16H,1-3,6-11,13H2. The maximum absolute atomic E-state index is 6.08. The molecular weight excluding hydrogens is 303 g/mol. The predicted octanol–water partition coefficient (Wildman–Crippen LogP) is 4.53. The summed E-state index contributed by atoms with van der Waals surface area (Å²) in [6.07, 6.45) is 6.72. The van der Waals surface area contributed by atoms with Gasteiger partial charge in [0.25, 0.3) is 0 Å². The molecule has 0 amide bonds. The van der Waals surface area contributed by atoms with Gasteiger partial charge in [-0.3, -0.25) is 0 Å². The summed E-state index contributed by atoms with van der Waals surface area (Å²) in [7, 11) is 0. The number of hydrogen-bond donors (Lipinski definition) is 0. The zero-order chi connectivity index (χ0) is 14.7. The highest BCUT2D eigenvalue weighted by molar-refractivity contribution is 6.30. The first-order chi connectivity index (χ1) is 10.3. The van der Waals surface area contributed by atoms with Crippen LogP contribution in [0, 0.1) is 0 Å². The molecule has 2 aliphatic heterocycles. The normalized spacial score (nSPS) is 21.7. The van der Waals surface area contributed by atoms with Gasteiger partial charge in [0.2, 0.25) is 0 Å². The van der Waals surface area contributed by atoms with E-state index in [9.17, 15) is 0 Å². The fourth-order valence-electron chi connectivity index (χ4n) is 3.73. The van der Waals surface area contributed by atoms with Crippen LogP contribution >= 0.6 is 23.2 Å². The van der Waals surface area contributed by atoms with Crippen molar-refractivity contribution < 1.29 is 0 Å². The predicted molar refractivity (Wildman–Crippen MR) is 91.7 cm³/mol. The minimum absolute atomic E-state index is 0.530. The van der Waals surface area contributed by atoms with E-state index >= 15 is 0 Å². The van der Waals surface area contributed by atoms with Crippen molar-refractivity contribution in [2.24, 2.45) is 0 Å². The number of rotatable bonds is 3. The third-order valence-electron chi connectivity index (χ3n) is 4.90. The van der Waals surface area contributed by atoms with Gasteiger partial charge < -0.3 is 9.80 Å². The Balaban J connectivity index is 1.62. The van der Waals surface area contributed by atoms with Gasteiger partial charge in [-0.05, 0) is 62.5 Å². The van der Waals surface area contributed by atoms with Crippen LogP contribution in [0.3, 0.4) is 0 Å². The molecule has 1 aromatic carbocycles. The molecule has 4 heteroatoms. The number of nitrogens with zero attached hydrogens (tertiary/aromatic N) is 2. The SMILES string of the molecule is ClCc1cc(Cl)ccc1N1CCC(N2CCCCC2)CC1. The Hall–Kier alpha value is -0.440. The van der Waals surface area contributed by atoms with E-state index in [4.69, 9.17) is 23.2 Å². The summed E-state index contributed by atoms with van der Waals surface area (Å²) in [4.78, 5) is 5.19. The van der Waals surface area contributed by atoms with Gasteiger partial charge in [-0.1, -0.05) is 18.0 Å². The monoisotopic (exact) mass is 326 g/mol. The summed E-state index contributed by atoms with van der Waals surface area (Å²) >= 11 is 12.2. The molecule has 0 atom stereocenters. The molecule has 1 aromatic rings. The number of halogens is 2. The lowest BCUT2D eigenvalue weighted by Gasteiger charge is -2.41. The largest absolute Gasteiger partial charge is 0.371 e. The maximum Gasteiger partial charge on any atom is 0.0495 e. The lowest BCUT2D eigenvalue weighted by molar-refractivity contribution is 0.141. The summed E-state index contributed by atoms with van der Waals surface area (Å²) in [6, 6.07) is 6.89. The first kappa shape index (κ1) is 15.5. The fourth-order valence-corrected chi connectivity index (χ4v) is 4.13.